The van der Waals surface area contributed by atoms with Crippen LogP contribution in [0.3, 0.4) is 0 Å². The first kappa shape index (κ1) is 23.6. The van der Waals surface area contributed by atoms with Gasteiger partial charge in [-0.1, -0.05) is 17.7 Å². The van der Waals surface area contributed by atoms with Gasteiger partial charge in [-0.05, 0) is 81.0 Å². The number of benzene rings is 2. The Labute approximate surface area is 196 Å². The van der Waals surface area contributed by atoms with E-state index in [0.29, 0.717) is 27.7 Å². The van der Waals surface area contributed by atoms with Crippen molar-refractivity contribution in [1.29, 1.82) is 0 Å². The van der Waals surface area contributed by atoms with E-state index in [1.165, 1.54) is 24.3 Å². The smallest absolute Gasteiger partial charge is 0.264 e. The Morgan fingerprint density at radius 3 is 2.19 bits per heavy atom. The van der Waals surface area contributed by atoms with Crippen LogP contribution in [-0.2, 0) is 10.0 Å². The average molecular weight is 490 g/mol. The molecule has 0 atom stereocenters. The van der Waals surface area contributed by atoms with Crippen LogP contribution < -0.4 is 15.4 Å². The minimum atomic E-state index is -3.87. The Morgan fingerprint density at radius 1 is 0.969 bits per heavy atom. The van der Waals surface area contributed by atoms with Crippen molar-refractivity contribution in [2.75, 3.05) is 10.0 Å². The molecule has 0 spiro atoms. The maximum Gasteiger partial charge on any atom is 0.264 e. The SMILES string of the molecule is Cc1cc(C)nc(NS(=O)(=O)c2ccc(NC(=S)NC(=O)c3ccc(C)c(Cl)c3)cc2)n1. The Morgan fingerprint density at radius 2 is 1.59 bits per heavy atom. The fourth-order valence-corrected chi connectivity index (χ4v) is 4.07. The average Bonchev–Trinajstić information content (AvgIpc) is 2.69. The first-order valence-electron chi connectivity index (χ1n) is 9.37. The fourth-order valence-electron chi connectivity index (χ4n) is 2.74. The van der Waals surface area contributed by atoms with E-state index in [2.05, 4.69) is 25.3 Å². The molecule has 0 radical (unpaired) electrons. The lowest BCUT2D eigenvalue weighted by Gasteiger charge is -2.11. The van der Waals surface area contributed by atoms with Gasteiger partial charge in [0.1, 0.15) is 0 Å². The molecule has 0 unspecified atom stereocenters. The summed E-state index contributed by atoms with van der Waals surface area (Å²) in [6.07, 6.45) is 0. The van der Waals surface area contributed by atoms with Gasteiger partial charge in [-0.15, -0.1) is 0 Å². The number of nitrogens with one attached hydrogen (secondary N) is 3. The van der Waals surface area contributed by atoms with Crippen LogP contribution in [-0.4, -0.2) is 29.4 Å². The second kappa shape index (κ2) is 9.60. The van der Waals surface area contributed by atoms with Crippen molar-refractivity contribution in [2.24, 2.45) is 0 Å². The summed E-state index contributed by atoms with van der Waals surface area (Å²) in [5, 5.41) is 5.93. The van der Waals surface area contributed by atoms with Gasteiger partial charge in [-0.25, -0.2) is 23.1 Å². The number of carbonyl (C=O) groups excluding carboxylic acids is 1. The zero-order chi connectivity index (χ0) is 23.5. The van der Waals surface area contributed by atoms with Crippen molar-refractivity contribution in [3.05, 3.63) is 76.1 Å². The second-order valence-electron chi connectivity index (χ2n) is 6.98. The van der Waals surface area contributed by atoms with Crippen molar-refractivity contribution in [3.63, 3.8) is 0 Å². The molecule has 0 fully saturated rings. The highest BCUT2D eigenvalue weighted by atomic mass is 35.5. The monoisotopic (exact) mass is 489 g/mol. The number of sulfonamides is 1. The molecule has 1 amide bonds. The van der Waals surface area contributed by atoms with Crippen molar-refractivity contribution < 1.29 is 13.2 Å². The zero-order valence-corrected chi connectivity index (χ0v) is 19.8. The van der Waals surface area contributed by atoms with E-state index < -0.39 is 15.9 Å². The molecule has 2 aromatic carbocycles. The maximum absolute atomic E-state index is 12.6. The van der Waals surface area contributed by atoms with E-state index in [9.17, 15) is 13.2 Å². The fraction of sp³-hybridized carbons (Fsp3) is 0.143. The molecule has 0 aliphatic carbocycles. The lowest BCUT2D eigenvalue weighted by molar-refractivity contribution is 0.0977. The summed E-state index contributed by atoms with van der Waals surface area (Å²) in [5.41, 5.74) is 3.03. The molecule has 0 aliphatic heterocycles. The van der Waals surface area contributed by atoms with Gasteiger partial charge in [-0.3, -0.25) is 10.1 Å². The summed E-state index contributed by atoms with van der Waals surface area (Å²) in [6, 6.07) is 12.5. The molecule has 3 rings (SSSR count). The number of aromatic nitrogens is 2. The van der Waals surface area contributed by atoms with E-state index >= 15 is 0 Å². The molecule has 32 heavy (non-hydrogen) atoms. The number of aryl methyl sites for hydroxylation is 3. The summed E-state index contributed by atoms with van der Waals surface area (Å²) in [5.74, 6) is -0.411. The number of hydrogen-bond donors (Lipinski definition) is 3. The van der Waals surface area contributed by atoms with Gasteiger partial charge >= 0.3 is 0 Å². The third-order valence-corrected chi connectivity index (χ3v) is 6.25. The Hall–Kier alpha value is -3.08. The third kappa shape index (κ3) is 6.00. The van der Waals surface area contributed by atoms with Crippen LogP contribution in [0.5, 0.6) is 0 Å². The zero-order valence-electron chi connectivity index (χ0n) is 17.4. The summed E-state index contributed by atoms with van der Waals surface area (Å²) < 4.78 is 27.6. The number of hydrogen-bond acceptors (Lipinski definition) is 6. The van der Waals surface area contributed by atoms with Gasteiger partial charge in [0.15, 0.2) is 5.11 Å². The number of rotatable bonds is 5. The predicted octanol–water partition coefficient (Wildman–Crippen LogP) is 3.98. The van der Waals surface area contributed by atoms with Crippen LogP contribution in [0.25, 0.3) is 0 Å². The van der Waals surface area contributed by atoms with Gasteiger partial charge in [-0.2, -0.15) is 0 Å². The summed E-state index contributed by atoms with van der Waals surface area (Å²) >= 11 is 11.2. The summed E-state index contributed by atoms with van der Waals surface area (Å²) in [4.78, 5) is 20.5. The number of halogens is 1. The molecular formula is C21H20ClN5O3S2. The van der Waals surface area contributed by atoms with E-state index in [1.54, 1.807) is 38.1 Å². The predicted molar refractivity (Wildman–Crippen MR) is 129 cm³/mol. The minimum absolute atomic E-state index is 0.00445. The molecule has 0 saturated carbocycles. The molecular weight excluding hydrogens is 470 g/mol. The quantitative estimate of drug-likeness (QED) is 0.464. The third-order valence-electron chi connectivity index (χ3n) is 4.29. The van der Waals surface area contributed by atoms with Crippen molar-refractivity contribution in [1.82, 2.24) is 15.3 Å². The van der Waals surface area contributed by atoms with E-state index in [4.69, 9.17) is 23.8 Å². The van der Waals surface area contributed by atoms with Gasteiger partial charge in [0.2, 0.25) is 5.95 Å². The van der Waals surface area contributed by atoms with E-state index in [1.807, 2.05) is 6.92 Å². The Kier molecular flexibility index (Phi) is 7.07. The molecule has 3 aromatic rings. The van der Waals surface area contributed by atoms with Crippen LogP contribution in [0.15, 0.2) is 53.4 Å². The highest BCUT2D eigenvalue weighted by Gasteiger charge is 2.16. The van der Waals surface area contributed by atoms with Gasteiger partial charge in [0, 0.05) is 27.7 Å². The molecule has 0 saturated heterocycles. The lowest BCUT2D eigenvalue weighted by Crippen LogP contribution is -2.34. The number of anilines is 2. The minimum Gasteiger partial charge on any atom is -0.332 e. The number of nitrogens with zero attached hydrogens (tertiary/aromatic N) is 2. The maximum atomic E-state index is 12.6. The Balaban J connectivity index is 1.65. The molecule has 166 valence electrons. The van der Waals surface area contributed by atoms with Crippen LogP contribution in [0.4, 0.5) is 11.6 Å². The highest BCUT2D eigenvalue weighted by molar-refractivity contribution is 7.92. The van der Waals surface area contributed by atoms with Gasteiger partial charge < -0.3 is 5.32 Å². The first-order valence-corrected chi connectivity index (χ1v) is 11.6. The van der Waals surface area contributed by atoms with Gasteiger partial charge in [0.05, 0.1) is 4.90 Å². The molecule has 1 heterocycles. The first-order chi connectivity index (χ1) is 15.0. The molecule has 1 aromatic heterocycles. The van der Waals surface area contributed by atoms with E-state index in [0.717, 1.165) is 5.56 Å². The van der Waals surface area contributed by atoms with Gasteiger partial charge in [0.25, 0.3) is 15.9 Å². The van der Waals surface area contributed by atoms with Crippen LogP contribution in [0.2, 0.25) is 5.02 Å². The molecule has 3 N–H and O–H groups in total. The number of thiocarbonyl (C=S) groups is 1. The highest BCUT2D eigenvalue weighted by Crippen LogP contribution is 2.18. The van der Waals surface area contributed by atoms with Crippen molar-refractivity contribution >= 4 is 56.5 Å². The second-order valence-corrected chi connectivity index (χ2v) is 9.47. The van der Waals surface area contributed by atoms with E-state index in [-0.39, 0.29) is 16.0 Å². The standard InChI is InChI=1S/C21H20ClN5O3S2/c1-12-4-5-15(11-18(12)22)19(28)26-21(31)25-16-6-8-17(9-7-16)32(29,30)27-20-23-13(2)10-14(3)24-20/h4-11H,1-3H3,(H,23,24,27)(H2,25,26,28,31). The van der Waals surface area contributed by atoms with Crippen LogP contribution >= 0.6 is 23.8 Å². The normalized spacial score (nSPS) is 11.0. The lowest BCUT2D eigenvalue weighted by atomic mass is 10.1. The Bertz CT molecular complexity index is 1280. The topological polar surface area (TPSA) is 113 Å². The van der Waals surface area contributed by atoms with Crippen LogP contribution in [0, 0.1) is 20.8 Å². The van der Waals surface area contributed by atoms with Crippen LogP contribution in [0.1, 0.15) is 27.3 Å². The molecule has 8 nitrogen and oxygen atoms in total. The molecule has 0 aliphatic rings. The van der Waals surface area contributed by atoms with Crippen molar-refractivity contribution in [2.45, 2.75) is 25.7 Å². The number of amides is 1. The molecule has 11 heteroatoms. The van der Waals surface area contributed by atoms with Crippen molar-refractivity contribution in [3.8, 4) is 0 Å². The number of carbonyl (C=O) groups is 1. The largest absolute Gasteiger partial charge is 0.332 e. The molecule has 0 bridgehead atoms. The summed E-state index contributed by atoms with van der Waals surface area (Å²) in [7, 11) is -3.87. The summed E-state index contributed by atoms with van der Waals surface area (Å²) in [6.45, 7) is 5.34.